The second-order valence-electron chi connectivity index (χ2n) is 4.19. The highest BCUT2D eigenvalue weighted by molar-refractivity contribution is 5.84. The van der Waals surface area contributed by atoms with Gasteiger partial charge in [-0.2, -0.15) is 0 Å². The molecule has 0 atom stereocenters. The Morgan fingerprint density at radius 3 is 2.62 bits per heavy atom. The van der Waals surface area contributed by atoms with Gasteiger partial charge >= 0.3 is 6.09 Å². The van der Waals surface area contributed by atoms with Gasteiger partial charge < -0.3 is 9.72 Å². The van der Waals surface area contributed by atoms with Gasteiger partial charge in [-0.25, -0.2) is 9.18 Å². The first-order valence-corrected chi connectivity index (χ1v) is 4.66. The molecule has 1 aromatic rings. The number of carbonyl (C=O) groups is 1. The van der Waals surface area contributed by atoms with E-state index in [-0.39, 0.29) is 5.69 Å². The number of hydrogen-bond donors (Lipinski definition) is 2. The molecule has 0 aliphatic heterocycles. The van der Waals surface area contributed by atoms with Crippen molar-refractivity contribution in [2.45, 2.75) is 26.4 Å². The van der Waals surface area contributed by atoms with Crippen LogP contribution in [0.4, 0.5) is 14.9 Å². The number of carbonyl (C=O) groups excluding carboxylic acids is 1. The van der Waals surface area contributed by atoms with Crippen molar-refractivity contribution < 1.29 is 13.9 Å². The number of hydrogen-bond acceptors (Lipinski definition) is 3. The van der Waals surface area contributed by atoms with Crippen molar-refractivity contribution in [2.75, 3.05) is 5.32 Å². The predicted octanol–water partition coefficient (Wildman–Crippen LogP) is 1.86. The Morgan fingerprint density at radius 2 is 2.12 bits per heavy atom. The Hall–Kier alpha value is -1.85. The standard InChI is InChI=1S/C10H13FN2O3/c1-10(2,3)16-9(15)13-6-4-7(11)8(14)12-5-6/h4-5H,1-3H3,(H,12,14)(H,13,15). The van der Waals surface area contributed by atoms with Gasteiger partial charge in [0.05, 0.1) is 5.69 Å². The zero-order valence-electron chi connectivity index (χ0n) is 9.26. The Labute approximate surface area is 91.6 Å². The summed E-state index contributed by atoms with van der Waals surface area (Å²) in [4.78, 5) is 24.1. The average molecular weight is 228 g/mol. The number of aromatic amines is 1. The molecule has 0 unspecified atom stereocenters. The maximum atomic E-state index is 12.8. The molecule has 0 aromatic carbocycles. The van der Waals surface area contributed by atoms with Crippen LogP contribution in [0, 0.1) is 5.82 Å². The maximum absolute atomic E-state index is 12.8. The van der Waals surface area contributed by atoms with Crippen molar-refractivity contribution in [3.8, 4) is 0 Å². The van der Waals surface area contributed by atoms with E-state index in [0.29, 0.717) is 0 Å². The number of H-pyrrole nitrogens is 1. The minimum absolute atomic E-state index is 0.131. The first-order chi connectivity index (χ1) is 7.28. The second-order valence-corrected chi connectivity index (χ2v) is 4.19. The summed E-state index contributed by atoms with van der Waals surface area (Å²) in [6.45, 7) is 5.13. The molecular formula is C10H13FN2O3. The van der Waals surface area contributed by atoms with Gasteiger partial charge in [0.15, 0.2) is 5.82 Å². The topological polar surface area (TPSA) is 71.2 Å². The van der Waals surface area contributed by atoms with E-state index >= 15 is 0 Å². The maximum Gasteiger partial charge on any atom is 0.412 e. The van der Waals surface area contributed by atoms with Crippen LogP contribution in [0.1, 0.15) is 20.8 Å². The third-order valence-corrected chi connectivity index (χ3v) is 1.50. The molecule has 6 heteroatoms. The number of amides is 1. The molecule has 88 valence electrons. The summed E-state index contributed by atoms with van der Waals surface area (Å²) in [5.74, 6) is -0.964. The number of pyridine rings is 1. The number of anilines is 1. The number of halogens is 1. The fourth-order valence-corrected chi connectivity index (χ4v) is 0.950. The molecule has 2 N–H and O–H groups in total. The molecule has 1 heterocycles. The van der Waals surface area contributed by atoms with Gasteiger partial charge in [-0.15, -0.1) is 0 Å². The van der Waals surface area contributed by atoms with Gasteiger partial charge in [0.1, 0.15) is 5.60 Å². The first kappa shape index (κ1) is 12.2. The Kier molecular flexibility index (Phi) is 3.31. The Bertz CT molecular complexity index is 448. The van der Waals surface area contributed by atoms with Crippen LogP contribution in [0.15, 0.2) is 17.1 Å². The lowest BCUT2D eigenvalue weighted by Gasteiger charge is -2.19. The lowest BCUT2D eigenvalue weighted by atomic mass is 10.2. The van der Waals surface area contributed by atoms with E-state index < -0.39 is 23.1 Å². The van der Waals surface area contributed by atoms with Crippen LogP contribution in [0.2, 0.25) is 0 Å². The molecule has 0 saturated heterocycles. The quantitative estimate of drug-likeness (QED) is 0.770. The number of nitrogens with one attached hydrogen (secondary N) is 2. The highest BCUT2D eigenvalue weighted by Crippen LogP contribution is 2.10. The zero-order chi connectivity index (χ0) is 12.3. The molecule has 0 spiro atoms. The molecule has 0 fully saturated rings. The van der Waals surface area contributed by atoms with E-state index in [1.807, 2.05) is 0 Å². The van der Waals surface area contributed by atoms with Crippen molar-refractivity contribution in [1.29, 1.82) is 0 Å². The van der Waals surface area contributed by atoms with Crippen molar-refractivity contribution in [3.63, 3.8) is 0 Å². The lowest BCUT2D eigenvalue weighted by molar-refractivity contribution is 0.0636. The van der Waals surface area contributed by atoms with Crippen molar-refractivity contribution in [3.05, 3.63) is 28.4 Å². The highest BCUT2D eigenvalue weighted by Gasteiger charge is 2.16. The number of rotatable bonds is 1. The molecule has 0 aliphatic carbocycles. The van der Waals surface area contributed by atoms with Crippen molar-refractivity contribution in [2.24, 2.45) is 0 Å². The molecule has 1 rings (SSSR count). The summed E-state index contributed by atoms with van der Waals surface area (Å²) in [6.07, 6.45) is 0.481. The van der Waals surface area contributed by atoms with Crippen LogP contribution in [0.3, 0.4) is 0 Å². The summed E-state index contributed by atoms with van der Waals surface area (Å²) >= 11 is 0. The van der Waals surface area contributed by atoms with Crippen LogP contribution in [-0.4, -0.2) is 16.7 Å². The normalized spacial score (nSPS) is 11.0. The Morgan fingerprint density at radius 1 is 1.50 bits per heavy atom. The molecule has 0 aliphatic rings. The van der Waals surface area contributed by atoms with Crippen LogP contribution in [0.25, 0.3) is 0 Å². The molecule has 0 radical (unpaired) electrons. The van der Waals surface area contributed by atoms with Gasteiger partial charge in [-0.05, 0) is 20.8 Å². The summed E-state index contributed by atoms with van der Waals surface area (Å²) in [6, 6.07) is 0.919. The molecule has 0 bridgehead atoms. The lowest BCUT2D eigenvalue weighted by Crippen LogP contribution is -2.27. The van der Waals surface area contributed by atoms with Gasteiger partial charge in [-0.3, -0.25) is 10.1 Å². The van der Waals surface area contributed by atoms with Gasteiger partial charge in [0.25, 0.3) is 5.56 Å². The van der Waals surface area contributed by atoms with Gasteiger partial charge in [-0.1, -0.05) is 0 Å². The van der Waals surface area contributed by atoms with Crippen molar-refractivity contribution >= 4 is 11.8 Å². The second kappa shape index (κ2) is 4.34. The molecule has 1 aromatic heterocycles. The van der Waals surface area contributed by atoms with Gasteiger partial charge in [0, 0.05) is 12.3 Å². The van der Waals surface area contributed by atoms with E-state index in [0.717, 1.165) is 6.07 Å². The number of ether oxygens (including phenoxy) is 1. The molecular weight excluding hydrogens is 215 g/mol. The summed E-state index contributed by atoms with van der Waals surface area (Å²) in [7, 11) is 0. The van der Waals surface area contributed by atoms with Crippen LogP contribution in [0.5, 0.6) is 0 Å². The van der Waals surface area contributed by atoms with Crippen molar-refractivity contribution in [1.82, 2.24) is 4.98 Å². The van der Waals surface area contributed by atoms with E-state index in [1.54, 1.807) is 20.8 Å². The predicted molar refractivity (Wildman–Crippen MR) is 56.9 cm³/mol. The SMILES string of the molecule is CC(C)(C)OC(=O)Nc1c[nH]c(=O)c(F)c1. The summed E-state index contributed by atoms with van der Waals surface area (Å²) in [5.41, 5.74) is -1.34. The minimum atomic E-state index is -0.964. The monoisotopic (exact) mass is 228 g/mol. The number of aromatic nitrogens is 1. The van der Waals surface area contributed by atoms with Gasteiger partial charge in [0.2, 0.25) is 0 Å². The Balaban J connectivity index is 2.71. The highest BCUT2D eigenvalue weighted by atomic mass is 19.1. The largest absolute Gasteiger partial charge is 0.444 e. The fraction of sp³-hybridized carbons (Fsp3) is 0.400. The summed E-state index contributed by atoms with van der Waals surface area (Å²) in [5, 5.41) is 2.30. The van der Waals surface area contributed by atoms with E-state index in [4.69, 9.17) is 4.74 Å². The average Bonchev–Trinajstić information content (AvgIpc) is 2.08. The van der Waals surface area contributed by atoms with E-state index in [9.17, 15) is 14.0 Å². The fourth-order valence-electron chi connectivity index (χ4n) is 0.950. The summed E-state index contributed by atoms with van der Waals surface area (Å²) < 4.78 is 17.8. The van der Waals surface area contributed by atoms with Crippen LogP contribution >= 0.6 is 0 Å². The minimum Gasteiger partial charge on any atom is -0.444 e. The smallest absolute Gasteiger partial charge is 0.412 e. The van der Waals surface area contributed by atoms with E-state index in [1.165, 1.54) is 6.20 Å². The third-order valence-electron chi connectivity index (χ3n) is 1.50. The zero-order valence-corrected chi connectivity index (χ0v) is 9.26. The van der Waals surface area contributed by atoms with Crippen LogP contribution < -0.4 is 10.9 Å². The third kappa shape index (κ3) is 3.72. The molecule has 5 nitrogen and oxygen atoms in total. The molecule has 16 heavy (non-hydrogen) atoms. The molecule has 1 amide bonds. The molecule has 0 saturated carbocycles. The first-order valence-electron chi connectivity index (χ1n) is 4.66. The van der Waals surface area contributed by atoms with Crippen LogP contribution in [-0.2, 0) is 4.74 Å². The van der Waals surface area contributed by atoms with E-state index in [2.05, 4.69) is 10.3 Å².